The van der Waals surface area contributed by atoms with Crippen LogP contribution in [0.2, 0.25) is 5.02 Å². The van der Waals surface area contributed by atoms with Gasteiger partial charge in [0.05, 0.1) is 10.9 Å². The lowest BCUT2D eigenvalue weighted by atomic mass is 10.5. The van der Waals surface area contributed by atoms with Gasteiger partial charge in [-0.1, -0.05) is 53.0 Å². The Kier molecular flexibility index (Phi) is 4.47. The van der Waals surface area contributed by atoms with Crippen LogP contribution in [0.3, 0.4) is 0 Å². The molecular weight excluding hydrogens is 301 g/mol. The molecule has 2 nitrogen and oxygen atoms in total. The Balaban J connectivity index is 0.000000134. The summed E-state index contributed by atoms with van der Waals surface area (Å²) >= 11 is 18.1. The molecule has 0 bridgehead atoms. The Labute approximate surface area is 119 Å². The van der Waals surface area contributed by atoms with Gasteiger partial charge in [0.2, 0.25) is 0 Å². The van der Waals surface area contributed by atoms with E-state index in [9.17, 15) is 4.79 Å². The molecule has 2 aliphatic carbocycles. The molecule has 6 heteroatoms. The summed E-state index contributed by atoms with van der Waals surface area (Å²) in [4.78, 5) is 11.8. The van der Waals surface area contributed by atoms with E-state index in [2.05, 4.69) is 0 Å². The minimum Gasteiger partial charge on any atom is -0.330 e. The van der Waals surface area contributed by atoms with Crippen LogP contribution in [0.25, 0.3) is 11.1 Å². The van der Waals surface area contributed by atoms with Crippen LogP contribution in [0.1, 0.15) is 0 Å². The maximum atomic E-state index is 11.0. The van der Waals surface area contributed by atoms with Gasteiger partial charge in [0, 0.05) is 23.4 Å². The first-order valence-electron chi connectivity index (χ1n) is 5.05. The topological polar surface area (TPSA) is 20.3 Å². The number of rotatable bonds is 1. The summed E-state index contributed by atoms with van der Waals surface area (Å²) < 4.78 is 0. The number of hydrogen-bond acceptors (Lipinski definition) is 2. The number of nitrogens with zero attached hydrogens (tertiary/aromatic N) is 1. The molecule has 0 radical (unpaired) electrons. The van der Waals surface area contributed by atoms with E-state index < -0.39 is 4.84 Å². The molecule has 1 fully saturated rings. The fourth-order valence-corrected chi connectivity index (χ4v) is 3.00. The van der Waals surface area contributed by atoms with Gasteiger partial charge in [0.15, 0.2) is 4.84 Å². The predicted octanol–water partition coefficient (Wildman–Crippen LogP) is 3.64. The maximum Gasteiger partial charge on any atom is 0.256 e. The van der Waals surface area contributed by atoms with Crippen molar-refractivity contribution in [2.45, 2.75) is 4.84 Å². The van der Waals surface area contributed by atoms with Gasteiger partial charge in [-0.25, -0.2) is 0 Å². The normalized spacial score (nSPS) is 15.6. The lowest BCUT2D eigenvalue weighted by molar-refractivity contribution is -0.127. The van der Waals surface area contributed by atoms with E-state index in [1.165, 1.54) is 11.1 Å². The van der Waals surface area contributed by atoms with Gasteiger partial charge < -0.3 is 4.90 Å². The number of hydrogen-bond donors (Lipinski definition) is 0. The van der Waals surface area contributed by atoms with Gasteiger partial charge in [-0.15, -0.1) is 11.8 Å². The molecule has 0 aromatic heterocycles. The molecule has 1 aliphatic heterocycles. The predicted molar refractivity (Wildman–Crippen MR) is 75.0 cm³/mol. The molecule has 0 unspecified atom stereocenters. The van der Waals surface area contributed by atoms with Gasteiger partial charge in [0.25, 0.3) is 5.91 Å². The SMILES string of the molecule is Clc1c2cccc1-2.O=C(C(Cl)Cl)N1CCSC1. The number of halogens is 3. The second-order valence-corrected chi connectivity index (χ2v) is 6.16. The van der Waals surface area contributed by atoms with Crippen molar-refractivity contribution in [1.82, 2.24) is 4.90 Å². The first kappa shape index (κ1) is 13.3. The number of fused-ring (bicyclic) bond motifs is 1. The van der Waals surface area contributed by atoms with Crippen molar-refractivity contribution < 1.29 is 4.79 Å². The fourth-order valence-electron chi connectivity index (χ4n) is 1.48. The molecule has 3 aliphatic rings. The fraction of sp³-hybridized carbons (Fsp3) is 0.364. The molecule has 0 N–H and O–H groups in total. The number of carbonyl (C=O) groups excluding carboxylic acids is 1. The number of benzene rings is 1. The summed E-state index contributed by atoms with van der Waals surface area (Å²) in [7, 11) is 0. The Hall–Kier alpha value is -0.0900. The molecule has 3 rings (SSSR count). The third-order valence-corrected chi connectivity index (χ3v) is 4.22. The van der Waals surface area contributed by atoms with Crippen molar-refractivity contribution in [2.75, 3.05) is 18.2 Å². The highest BCUT2D eigenvalue weighted by Gasteiger charge is 2.22. The standard InChI is InChI=1S/C6H3Cl.C5H7Cl2NOS/c7-6-4-2-1-3-5(4)6;6-4(7)5(9)8-1-2-10-3-8/h1-3H;4H,1-3H2. The number of amides is 1. The Morgan fingerprint density at radius 1 is 1.35 bits per heavy atom. The largest absolute Gasteiger partial charge is 0.330 e. The van der Waals surface area contributed by atoms with Crippen molar-refractivity contribution in [3.05, 3.63) is 23.2 Å². The van der Waals surface area contributed by atoms with Crippen molar-refractivity contribution in [2.24, 2.45) is 0 Å². The zero-order valence-corrected chi connectivity index (χ0v) is 11.9. The van der Waals surface area contributed by atoms with E-state index in [0.717, 1.165) is 23.2 Å². The van der Waals surface area contributed by atoms with Gasteiger partial charge in [-0.3, -0.25) is 4.79 Å². The number of carbonyl (C=O) groups is 1. The highest BCUT2D eigenvalue weighted by molar-refractivity contribution is 7.99. The Bertz CT molecular complexity index is 412. The van der Waals surface area contributed by atoms with Crippen LogP contribution in [0.5, 0.6) is 0 Å². The third-order valence-electron chi connectivity index (χ3n) is 2.48. The van der Waals surface area contributed by atoms with Crippen LogP contribution in [-0.4, -0.2) is 33.8 Å². The third kappa shape index (κ3) is 3.22. The van der Waals surface area contributed by atoms with Crippen molar-refractivity contribution >= 4 is 52.5 Å². The van der Waals surface area contributed by atoms with E-state index in [1.807, 2.05) is 18.2 Å². The average Bonchev–Trinajstić information content (AvgIpc) is 2.85. The molecule has 1 amide bonds. The van der Waals surface area contributed by atoms with Crippen molar-refractivity contribution in [3.63, 3.8) is 0 Å². The summed E-state index contributed by atoms with van der Waals surface area (Å²) in [6.07, 6.45) is 0. The van der Waals surface area contributed by atoms with Gasteiger partial charge in [0.1, 0.15) is 0 Å². The van der Waals surface area contributed by atoms with Gasteiger partial charge in [-0.05, 0) is 0 Å². The summed E-state index contributed by atoms with van der Waals surface area (Å²) in [5.41, 5.74) is 2.48. The zero-order chi connectivity index (χ0) is 12.4. The van der Waals surface area contributed by atoms with Gasteiger partial charge in [-0.2, -0.15) is 0 Å². The smallest absolute Gasteiger partial charge is 0.256 e. The highest BCUT2D eigenvalue weighted by Crippen LogP contribution is 2.47. The van der Waals surface area contributed by atoms with E-state index in [0.29, 0.717) is 0 Å². The molecule has 0 aromatic rings. The molecule has 92 valence electrons. The summed E-state index contributed by atoms with van der Waals surface area (Å²) in [6.45, 7) is 0.777. The van der Waals surface area contributed by atoms with E-state index in [4.69, 9.17) is 34.8 Å². The van der Waals surface area contributed by atoms with Crippen LogP contribution >= 0.6 is 46.6 Å². The second kappa shape index (κ2) is 5.70. The van der Waals surface area contributed by atoms with Crippen LogP contribution in [0.15, 0.2) is 18.2 Å². The molecular formula is C11H10Cl3NOS. The first-order valence-corrected chi connectivity index (χ1v) is 7.45. The molecule has 0 saturated carbocycles. The van der Waals surface area contributed by atoms with Crippen LogP contribution < -0.4 is 0 Å². The monoisotopic (exact) mass is 309 g/mol. The summed E-state index contributed by atoms with van der Waals surface area (Å²) in [5, 5.41) is 0.961. The molecule has 0 aromatic carbocycles. The summed E-state index contributed by atoms with van der Waals surface area (Å²) in [6, 6.07) is 6.06. The highest BCUT2D eigenvalue weighted by atomic mass is 35.5. The van der Waals surface area contributed by atoms with Crippen LogP contribution in [0.4, 0.5) is 0 Å². The van der Waals surface area contributed by atoms with Crippen LogP contribution in [0, 0.1) is 0 Å². The minimum absolute atomic E-state index is 0.173. The lowest BCUT2D eigenvalue weighted by Crippen LogP contribution is -2.32. The maximum absolute atomic E-state index is 11.0. The zero-order valence-electron chi connectivity index (χ0n) is 8.83. The quantitative estimate of drug-likeness (QED) is 0.750. The Morgan fingerprint density at radius 2 is 2.00 bits per heavy atom. The number of alkyl halides is 2. The summed E-state index contributed by atoms with van der Waals surface area (Å²) in [5.74, 6) is 1.55. The van der Waals surface area contributed by atoms with Crippen molar-refractivity contribution in [1.29, 1.82) is 0 Å². The van der Waals surface area contributed by atoms with Crippen molar-refractivity contribution in [3.8, 4) is 11.1 Å². The molecule has 1 heterocycles. The molecule has 0 atom stereocenters. The minimum atomic E-state index is -0.890. The second-order valence-electron chi connectivity index (χ2n) is 3.61. The van der Waals surface area contributed by atoms with Crippen LogP contribution in [-0.2, 0) is 4.79 Å². The lowest BCUT2D eigenvalue weighted by Gasteiger charge is -2.13. The number of thioether (sulfide) groups is 1. The molecule has 1 saturated heterocycles. The molecule has 0 spiro atoms. The molecule has 17 heavy (non-hydrogen) atoms. The van der Waals surface area contributed by atoms with E-state index in [-0.39, 0.29) is 5.91 Å². The van der Waals surface area contributed by atoms with E-state index >= 15 is 0 Å². The Morgan fingerprint density at radius 3 is 2.35 bits per heavy atom. The van der Waals surface area contributed by atoms with E-state index in [1.54, 1.807) is 16.7 Å². The average molecular weight is 311 g/mol. The first-order chi connectivity index (χ1) is 8.11. The van der Waals surface area contributed by atoms with Gasteiger partial charge >= 0.3 is 0 Å².